The van der Waals surface area contributed by atoms with Gasteiger partial charge in [0.15, 0.2) is 5.96 Å². The summed E-state index contributed by atoms with van der Waals surface area (Å²) in [5.41, 5.74) is -1.81. The van der Waals surface area contributed by atoms with Gasteiger partial charge in [0.1, 0.15) is 12.4 Å². The van der Waals surface area contributed by atoms with E-state index in [9.17, 15) is 18.3 Å². The third kappa shape index (κ3) is 8.37. The van der Waals surface area contributed by atoms with Crippen molar-refractivity contribution in [1.29, 1.82) is 0 Å². The zero-order chi connectivity index (χ0) is 22.0. The fourth-order valence-corrected chi connectivity index (χ4v) is 3.04. The number of aliphatic hydroxyl groups is 1. The van der Waals surface area contributed by atoms with E-state index in [1.54, 1.807) is 6.92 Å². The van der Waals surface area contributed by atoms with Crippen LogP contribution in [0.15, 0.2) is 29.3 Å². The number of hydrogen-bond donors (Lipinski definition) is 3. The van der Waals surface area contributed by atoms with Gasteiger partial charge in [-0.15, -0.1) is 0 Å². The van der Waals surface area contributed by atoms with Crippen LogP contribution in [0.4, 0.5) is 13.2 Å². The molecule has 10 heteroatoms. The van der Waals surface area contributed by atoms with Crippen molar-refractivity contribution in [2.24, 2.45) is 4.99 Å². The zero-order valence-corrected chi connectivity index (χ0v) is 17.5. The Kier molecular flexibility index (Phi) is 9.19. The monoisotopic (exact) mass is 432 g/mol. The first-order chi connectivity index (χ1) is 14.2. The van der Waals surface area contributed by atoms with Crippen molar-refractivity contribution >= 4 is 5.96 Å². The summed E-state index contributed by atoms with van der Waals surface area (Å²) in [6.07, 6.45) is -4.47. The maximum atomic E-state index is 13.0. The van der Waals surface area contributed by atoms with Crippen LogP contribution in [0.25, 0.3) is 0 Å². The van der Waals surface area contributed by atoms with Gasteiger partial charge in [-0.25, -0.2) is 0 Å². The van der Waals surface area contributed by atoms with Crippen molar-refractivity contribution in [3.8, 4) is 5.75 Å². The number of β-amino-alcohol motifs (C(OH)–C–C–N with tert-alkyl or cyclic N) is 1. The Morgan fingerprint density at radius 2 is 1.93 bits per heavy atom. The molecule has 30 heavy (non-hydrogen) atoms. The number of halogens is 3. The van der Waals surface area contributed by atoms with Gasteiger partial charge in [0.25, 0.3) is 0 Å². The number of rotatable bonds is 9. The highest BCUT2D eigenvalue weighted by atomic mass is 19.4. The molecule has 170 valence electrons. The smallest absolute Gasteiger partial charge is 0.419 e. The zero-order valence-electron chi connectivity index (χ0n) is 17.5. The Hall–Kier alpha value is -2.04. The molecular formula is C20H31F3N4O3. The highest BCUT2D eigenvalue weighted by Crippen LogP contribution is 2.35. The van der Waals surface area contributed by atoms with Crippen molar-refractivity contribution in [2.45, 2.75) is 25.6 Å². The fourth-order valence-electron chi connectivity index (χ4n) is 3.04. The van der Waals surface area contributed by atoms with E-state index in [2.05, 4.69) is 20.5 Å². The Morgan fingerprint density at radius 1 is 1.23 bits per heavy atom. The van der Waals surface area contributed by atoms with Crippen molar-refractivity contribution in [3.05, 3.63) is 29.8 Å². The molecule has 1 atom stereocenters. The highest BCUT2D eigenvalue weighted by molar-refractivity contribution is 5.79. The number of nitrogens with zero attached hydrogens (tertiary/aromatic N) is 2. The number of morpholine rings is 1. The van der Waals surface area contributed by atoms with E-state index in [-0.39, 0.29) is 25.4 Å². The Bertz CT molecular complexity index is 678. The predicted octanol–water partition coefficient (Wildman–Crippen LogP) is 1.72. The molecule has 0 aromatic heterocycles. The number of hydrogen-bond acceptors (Lipinski definition) is 5. The number of ether oxygens (including phenoxy) is 2. The lowest BCUT2D eigenvalue weighted by Crippen LogP contribution is -2.48. The maximum absolute atomic E-state index is 13.0. The number of nitrogens with one attached hydrogen (secondary N) is 2. The summed E-state index contributed by atoms with van der Waals surface area (Å²) in [7, 11) is 0. The SMILES string of the molecule is CCNC(=NCC(C)(O)CN1CCOCC1)NCCOc1ccccc1C(F)(F)F. The van der Waals surface area contributed by atoms with Crippen molar-refractivity contribution in [1.82, 2.24) is 15.5 Å². The van der Waals surface area contributed by atoms with E-state index >= 15 is 0 Å². The third-order valence-electron chi connectivity index (χ3n) is 4.43. The molecule has 0 radical (unpaired) electrons. The molecule has 1 aromatic carbocycles. The van der Waals surface area contributed by atoms with Crippen molar-refractivity contribution in [2.75, 3.05) is 59.1 Å². The molecule has 1 heterocycles. The number of guanidine groups is 1. The van der Waals surface area contributed by atoms with Crippen LogP contribution in [0.1, 0.15) is 19.4 Å². The molecule has 2 rings (SSSR count). The molecule has 1 aromatic rings. The van der Waals surface area contributed by atoms with Crippen LogP contribution < -0.4 is 15.4 Å². The Balaban J connectivity index is 1.84. The van der Waals surface area contributed by atoms with Crippen molar-refractivity contribution < 1.29 is 27.8 Å². The van der Waals surface area contributed by atoms with Crippen LogP contribution in [-0.2, 0) is 10.9 Å². The van der Waals surface area contributed by atoms with E-state index in [4.69, 9.17) is 9.47 Å². The van der Waals surface area contributed by atoms with Gasteiger partial charge in [-0.05, 0) is 26.0 Å². The maximum Gasteiger partial charge on any atom is 0.419 e. The quantitative estimate of drug-likeness (QED) is 0.313. The van der Waals surface area contributed by atoms with Gasteiger partial charge in [0.2, 0.25) is 0 Å². The van der Waals surface area contributed by atoms with E-state index in [1.807, 2.05) is 6.92 Å². The summed E-state index contributed by atoms with van der Waals surface area (Å²) in [6, 6.07) is 5.11. The minimum Gasteiger partial charge on any atom is -0.491 e. The molecule has 0 saturated carbocycles. The minimum atomic E-state index is -4.47. The number of benzene rings is 1. The van der Waals surface area contributed by atoms with E-state index in [0.29, 0.717) is 32.3 Å². The number of aliphatic imine (C=N–C) groups is 1. The second-order valence-electron chi connectivity index (χ2n) is 7.35. The largest absolute Gasteiger partial charge is 0.491 e. The third-order valence-corrected chi connectivity index (χ3v) is 4.43. The Labute approximate surface area is 175 Å². The standard InChI is InChI=1S/C20H31F3N4O3/c1-3-24-18(26-14-19(2,28)15-27-9-12-29-13-10-27)25-8-11-30-17-7-5-4-6-16(17)20(21,22)23/h4-7,28H,3,8-15H2,1-2H3,(H2,24,25,26). The lowest BCUT2D eigenvalue weighted by Gasteiger charge is -2.33. The topological polar surface area (TPSA) is 78.4 Å². The van der Waals surface area contributed by atoms with Crippen LogP contribution in [0.3, 0.4) is 0 Å². The van der Waals surface area contributed by atoms with Crippen LogP contribution in [0.5, 0.6) is 5.75 Å². The molecule has 1 fully saturated rings. The molecular weight excluding hydrogens is 401 g/mol. The lowest BCUT2D eigenvalue weighted by atomic mass is 10.1. The Morgan fingerprint density at radius 3 is 2.60 bits per heavy atom. The van der Waals surface area contributed by atoms with Gasteiger partial charge in [0, 0.05) is 26.2 Å². The summed E-state index contributed by atoms with van der Waals surface area (Å²) in [5, 5.41) is 16.7. The summed E-state index contributed by atoms with van der Waals surface area (Å²) in [4.78, 5) is 6.53. The average molecular weight is 432 g/mol. The summed E-state index contributed by atoms with van der Waals surface area (Å²) >= 11 is 0. The number of para-hydroxylation sites is 1. The first-order valence-corrected chi connectivity index (χ1v) is 10.0. The van der Waals surface area contributed by atoms with Crippen LogP contribution in [0, 0.1) is 0 Å². The molecule has 0 aliphatic carbocycles. The van der Waals surface area contributed by atoms with E-state index in [1.165, 1.54) is 18.2 Å². The van der Waals surface area contributed by atoms with Gasteiger partial charge in [-0.3, -0.25) is 9.89 Å². The molecule has 1 unspecified atom stereocenters. The normalized spacial score (nSPS) is 18.0. The van der Waals surface area contributed by atoms with Gasteiger partial charge < -0.3 is 25.2 Å². The summed E-state index contributed by atoms with van der Waals surface area (Å²) in [5.74, 6) is 0.259. The van der Waals surface area contributed by atoms with Crippen LogP contribution >= 0.6 is 0 Å². The minimum absolute atomic E-state index is 0.0294. The van der Waals surface area contributed by atoms with Gasteiger partial charge in [0.05, 0.1) is 37.5 Å². The molecule has 0 bridgehead atoms. The second-order valence-corrected chi connectivity index (χ2v) is 7.35. The number of alkyl halides is 3. The second kappa shape index (κ2) is 11.4. The summed E-state index contributed by atoms with van der Waals surface area (Å²) in [6.45, 7) is 8.03. The first kappa shape index (κ1) is 24.2. The van der Waals surface area contributed by atoms with Gasteiger partial charge in [-0.2, -0.15) is 13.2 Å². The van der Waals surface area contributed by atoms with E-state index < -0.39 is 17.3 Å². The molecule has 1 aliphatic rings. The fraction of sp³-hybridized carbons (Fsp3) is 0.650. The van der Waals surface area contributed by atoms with E-state index in [0.717, 1.165) is 19.2 Å². The van der Waals surface area contributed by atoms with Gasteiger partial charge in [-0.1, -0.05) is 12.1 Å². The van der Waals surface area contributed by atoms with Gasteiger partial charge >= 0.3 is 6.18 Å². The molecule has 3 N–H and O–H groups in total. The first-order valence-electron chi connectivity index (χ1n) is 10.0. The molecule has 0 spiro atoms. The summed E-state index contributed by atoms with van der Waals surface area (Å²) < 4.78 is 49.6. The van der Waals surface area contributed by atoms with Crippen molar-refractivity contribution in [3.63, 3.8) is 0 Å². The molecule has 7 nitrogen and oxygen atoms in total. The van der Waals surface area contributed by atoms with Crippen LogP contribution in [-0.4, -0.2) is 80.7 Å². The molecule has 1 saturated heterocycles. The molecule has 0 amide bonds. The average Bonchev–Trinajstić information content (AvgIpc) is 2.69. The predicted molar refractivity (Wildman–Crippen MR) is 109 cm³/mol. The highest BCUT2D eigenvalue weighted by Gasteiger charge is 2.34. The molecule has 1 aliphatic heterocycles. The lowest BCUT2D eigenvalue weighted by molar-refractivity contribution is -0.138. The van der Waals surface area contributed by atoms with Crippen LogP contribution in [0.2, 0.25) is 0 Å².